The van der Waals surface area contributed by atoms with Crippen LogP contribution in [0.2, 0.25) is 30.1 Å². The number of nitrogens with one attached hydrogen (secondary N) is 2. The summed E-state index contributed by atoms with van der Waals surface area (Å²) in [5.41, 5.74) is 24.4. The molecule has 0 aliphatic carbocycles. The number of fused-ring (bicyclic) bond motifs is 4. The summed E-state index contributed by atoms with van der Waals surface area (Å²) in [7, 11) is 0. The Morgan fingerprint density at radius 1 is 0.394 bits per heavy atom. The lowest BCUT2D eigenvalue weighted by atomic mass is 9.97. The van der Waals surface area contributed by atoms with Gasteiger partial charge in [0, 0.05) is 173 Å². The average molecular weight is 2020 g/mol. The molecule has 4 saturated heterocycles. The third-order valence-electron chi connectivity index (χ3n) is 26.3. The highest BCUT2D eigenvalue weighted by atomic mass is 35.5. The number of H-pyrrole nitrogens is 2. The van der Waals surface area contributed by atoms with E-state index in [1.54, 1.807) is 24.8 Å². The Morgan fingerprint density at radius 2 is 0.789 bits per heavy atom. The fraction of sp³-hybridized carbons (Fsp3) is 0.298. The number of likely N-dealkylation sites (tertiary alicyclic amines) is 3. The topological polar surface area (TPSA) is 253 Å². The fourth-order valence-corrected chi connectivity index (χ4v) is 20.8. The predicted molar refractivity (Wildman–Crippen MR) is 573 cm³/mol. The molecule has 22 nitrogen and oxygen atoms in total. The highest BCUT2D eigenvalue weighted by molar-refractivity contribution is 6.37. The van der Waals surface area contributed by atoms with Crippen molar-refractivity contribution in [2.75, 3.05) is 72.2 Å². The van der Waals surface area contributed by atoms with Crippen LogP contribution in [0.25, 0.3) is 58.3 Å². The number of hydrogen-bond acceptors (Lipinski definition) is 20. The van der Waals surface area contributed by atoms with E-state index < -0.39 is 0 Å². The normalized spacial score (nSPS) is 17.2. The van der Waals surface area contributed by atoms with Gasteiger partial charge in [-0.25, -0.2) is 0 Å². The number of allylic oxidation sites excluding steroid dienone is 2. The quantitative estimate of drug-likeness (QED) is 0.0292. The number of aliphatic hydroxyl groups is 3. The number of aliphatic imine (C=N–C) groups is 2. The maximum absolute atomic E-state index is 9.78. The van der Waals surface area contributed by atoms with E-state index in [1.165, 1.54) is 22.3 Å². The first-order valence-corrected chi connectivity index (χ1v) is 50.6. The second-order valence-corrected chi connectivity index (χ2v) is 39.3. The van der Waals surface area contributed by atoms with E-state index in [9.17, 15) is 15.3 Å². The standard InChI is InChI=1S/C31H32Cl2N2O2.C29H28Cl2N2O2.2C27H28ClN5O2/c1-21(31-28(32)6-3-7-29(31)33)37-26-10-9-25-18-34-30(27(25)17-26)11-8-22-4-2-5-24(16-22)19-35-14-12-23(20-36)13-15-35;1-19(29-26(30)6-3-7-27(29)31)35-24-10-9-22-16-32-28(25(22)15-24)11-8-20-4-2-5-21(14-20)17-33-13-12-23(34)18-33;1-18-14-29-16-24(28)27(18)19(2)35-22-6-8-26-23(13-22)25(31-32-26)7-4-20-3-5-21(30-15-20)17-33-9-11-34-12-10-33;1-17-12-29-14-24(28)27(17)18(2)35-22-6-8-26-23(11-22)25(31-32-26)7-4-19-3-5-20(30-13-19)15-33-10-9-21(34)16-33/h2-11,16-17,21,23,36H,12-15,18-20H2,1H3;2-11,14-15,19,23,34H,12-13,16-18H2,1H3;3-8,13-16,19H,9-12,17H2,1-2H3,(H,31,32);3-8,11-14,18,21,34H,9-10,15-16H2,1-2H3,(H,31,32)/b2*11-8+;2*7-4+/t21-;19-,23?;19-;18-,21+/m1111/s1. The van der Waals surface area contributed by atoms with Gasteiger partial charge < -0.3 is 39.0 Å². The number of aryl methyl sites for hydroxylation is 2. The van der Waals surface area contributed by atoms with Gasteiger partial charge in [-0.05, 0) is 263 Å². The summed E-state index contributed by atoms with van der Waals surface area (Å²) < 4.78 is 30.3. The van der Waals surface area contributed by atoms with Crippen molar-refractivity contribution in [3.63, 3.8) is 0 Å². The zero-order valence-corrected chi connectivity index (χ0v) is 84.8. The number of pyridine rings is 4. The van der Waals surface area contributed by atoms with Crippen LogP contribution in [-0.2, 0) is 44.0 Å². The maximum atomic E-state index is 9.78. The molecule has 0 amide bonds. The van der Waals surface area contributed by atoms with E-state index in [2.05, 4.69) is 169 Å². The van der Waals surface area contributed by atoms with Gasteiger partial charge in [0.1, 0.15) is 47.4 Å². The number of halogens is 6. The maximum Gasteiger partial charge on any atom is 0.124 e. The molecule has 6 atom stereocenters. The Labute approximate surface area is 859 Å². The highest BCUT2D eigenvalue weighted by Gasteiger charge is 2.28. The molecule has 6 aliphatic rings. The van der Waals surface area contributed by atoms with Crippen LogP contribution < -0.4 is 18.9 Å². The van der Waals surface area contributed by atoms with Gasteiger partial charge in [0.2, 0.25) is 0 Å². The number of rotatable bonds is 29. The molecule has 0 spiro atoms. The molecule has 6 aromatic heterocycles. The highest BCUT2D eigenvalue weighted by Crippen LogP contribution is 2.40. The molecule has 28 heteroatoms. The minimum atomic E-state index is -0.286. The van der Waals surface area contributed by atoms with E-state index in [0.717, 1.165) is 263 Å². The summed E-state index contributed by atoms with van der Waals surface area (Å²) in [4.78, 5) is 36.3. The van der Waals surface area contributed by atoms with Crippen LogP contribution >= 0.6 is 69.6 Å². The van der Waals surface area contributed by atoms with Crippen LogP contribution in [0.3, 0.4) is 0 Å². The van der Waals surface area contributed by atoms with Crippen molar-refractivity contribution in [2.24, 2.45) is 15.9 Å². The van der Waals surface area contributed by atoms with Crippen LogP contribution in [0.15, 0.2) is 241 Å². The number of β-amino-alcohol motifs (C(OH)–C–C–N with tert-alkyl or cyclic N) is 2. The Hall–Kier alpha value is -11.8. The third kappa shape index (κ3) is 26.8. The summed E-state index contributed by atoms with van der Waals surface area (Å²) in [5, 5.41) is 49.5. The smallest absolute Gasteiger partial charge is 0.124 e. The van der Waals surface area contributed by atoms with E-state index in [1.807, 2.05) is 175 Å². The van der Waals surface area contributed by atoms with Crippen LogP contribution in [0, 0.1) is 19.8 Å². The molecule has 14 aromatic rings. The second-order valence-electron chi connectivity index (χ2n) is 36.8. The number of piperidine rings is 1. The van der Waals surface area contributed by atoms with Crippen molar-refractivity contribution in [3.05, 3.63) is 373 Å². The Balaban J connectivity index is 0.000000130. The Bertz CT molecular complexity index is 6640. The Kier molecular flexibility index (Phi) is 34.8. The molecule has 142 heavy (non-hydrogen) atoms. The number of aliphatic hydroxyl groups excluding tert-OH is 3. The van der Waals surface area contributed by atoms with Gasteiger partial charge in [-0.3, -0.25) is 59.7 Å². The van der Waals surface area contributed by atoms with Crippen molar-refractivity contribution in [1.82, 2.24) is 59.9 Å². The second kappa shape index (κ2) is 48.5. The van der Waals surface area contributed by atoms with Crippen LogP contribution in [0.5, 0.6) is 23.0 Å². The summed E-state index contributed by atoms with van der Waals surface area (Å²) >= 11 is 38.2. The van der Waals surface area contributed by atoms with Crippen molar-refractivity contribution in [2.45, 2.75) is 143 Å². The molecule has 0 saturated carbocycles. The summed E-state index contributed by atoms with van der Waals surface area (Å²) in [6.07, 6.45) is 29.5. The van der Waals surface area contributed by atoms with Gasteiger partial charge in [-0.15, -0.1) is 0 Å². The number of aromatic nitrogens is 8. The number of nitrogens with zero attached hydrogens (tertiary/aromatic N) is 12. The average Bonchev–Trinajstić information content (AvgIpc) is 1.77. The van der Waals surface area contributed by atoms with Gasteiger partial charge in [0.15, 0.2) is 0 Å². The van der Waals surface area contributed by atoms with E-state index >= 15 is 0 Å². The molecular formula is C114H116Cl6N14O8. The van der Waals surface area contributed by atoms with Gasteiger partial charge >= 0.3 is 0 Å². The number of benzene rings is 8. The zero-order valence-electron chi connectivity index (χ0n) is 80.3. The Morgan fingerprint density at radius 3 is 1.21 bits per heavy atom. The van der Waals surface area contributed by atoms with Gasteiger partial charge in [-0.1, -0.05) is 179 Å². The third-order valence-corrected chi connectivity index (χ3v) is 28.2. The summed E-state index contributed by atoms with van der Waals surface area (Å²) in [6, 6.07) is 60.4. The predicted octanol–water partition coefficient (Wildman–Crippen LogP) is 24.7. The lowest BCUT2D eigenvalue weighted by Crippen LogP contribution is -2.35. The first-order valence-electron chi connectivity index (χ1n) is 48.3. The lowest BCUT2D eigenvalue weighted by Gasteiger charge is -2.31. The molecule has 0 radical (unpaired) electrons. The van der Waals surface area contributed by atoms with Crippen molar-refractivity contribution in [3.8, 4) is 23.0 Å². The summed E-state index contributed by atoms with van der Waals surface area (Å²) in [5.74, 6) is 3.47. The molecular weight excluding hydrogens is 1910 g/mol. The molecule has 1 unspecified atom stereocenters. The molecule has 0 bridgehead atoms. The molecule has 6 aliphatic heterocycles. The molecule has 4 fully saturated rings. The van der Waals surface area contributed by atoms with Gasteiger partial charge in [-0.2, -0.15) is 10.2 Å². The minimum Gasteiger partial charge on any atom is -0.486 e. The van der Waals surface area contributed by atoms with Crippen LogP contribution in [0.4, 0.5) is 0 Å². The van der Waals surface area contributed by atoms with Gasteiger partial charge in [0.25, 0.3) is 0 Å². The van der Waals surface area contributed by atoms with Crippen LogP contribution in [-0.4, -0.2) is 171 Å². The molecule has 20 rings (SSSR count). The zero-order chi connectivity index (χ0) is 98.7. The van der Waals surface area contributed by atoms with E-state index in [4.69, 9.17) is 103 Å². The van der Waals surface area contributed by atoms with Crippen LogP contribution in [0.1, 0.15) is 190 Å². The van der Waals surface area contributed by atoms with Crippen molar-refractivity contribution < 1.29 is 39.0 Å². The molecule has 12 heterocycles. The minimum absolute atomic E-state index is 0.197. The van der Waals surface area contributed by atoms with Crippen molar-refractivity contribution in [1.29, 1.82) is 0 Å². The number of morpholine rings is 1. The first-order chi connectivity index (χ1) is 69.0. The number of aromatic amines is 2. The number of hydrogen-bond donors (Lipinski definition) is 5. The number of ether oxygens (including phenoxy) is 5. The molecule has 5 N–H and O–H groups in total. The summed E-state index contributed by atoms with van der Waals surface area (Å²) in [6.45, 7) is 25.8. The lowest BCUT2D eigenvalue weighted by molar-refractivity contribution is 0.0336. The van der Waals surface area contributed by atoms with Gasteiger partial charge in [0.05, 0.1) is 93.8 Å². The molecule has 8 aromatic carbocycles. The largest absolute Gasteiger partial charge is 0.486 e. The fourth-order valence-electron chi connectivity index (χ4n) is 18.7. The van der Waals surface area contributed by atoms with Crippen molar-refractivity contribution >= 4 is 139 Å². The monoisotopic (exact) mass is 2020 g/mol. The first kappa shape index (κ1) is 102. The SMILES string of the molecule is C[C@@H](Oc1ccc2c(c1)C(/C=C/c1cccc(CN3CCC(CO)CC3)c1)=NC2)c1c(Cl)cccc1Cl.C[C@@H](Oc1ccc2c(c1)C(/C=C/c1cccc(CN3CCC(O)C3)c1)=NC2)c1c(Cl)cccc1Cl.Cc1cncc(Cl)c1[C@@H](C)Oc1ccc2[nH]nc(/C=C/c3ccc(CN4CCOCC4)nc3)c2c1.Cc1cncc(Cl)c1[C@@H](C)Oc1ccc2[nH]nc(/C=C/c3ccc(CN4CC[C@H](O)C4)nc3)c2c1. The van der Waals surface area contributed by atoms with E-state index in [-0.39, 0.29) is 36.6 Å². The molecule has 732 valence electrons. The van der Waals surface area contributed by atoms with E-state index in [0.29, 0.717) is 55.8 Å².